The number of fused-ring (bicyclic) bond motifs is 1. The Balaban J connectivity index is 1.85. The van der Waals surface area contributed by atoms with Gasteiger partial charge in [0.05, 0.1) is 19.8 Å². The topological polar surface area (TPSA) is 52.5 Å². The van der Waals surface area contributed by atoms with Crippen molar-refractivity contribution in [1.82, 2.24) is 9.88 Å². The van der Waals surface area contributed by atoms with Crippen LogP contribution in [0.2, 0.25) is 0 Å². The summed E-state index contributed by atoms with van der Waals surface area (Å²) in [6.07, 6.45) is 1.97. The molecule has 5 heteroatoms. The molecule has 1 aliphatic rings. The van der Waals surface area contributed by atoms with Crippen LogP contribution >= 0.6 is 0 Å². The van der Waals surface area contributed by atoms with Crippen molar-refractivity contribution in [1.29, 1.82) is 0 Å². The van der Waals surface area contributed by atoms with Gasteiger partial charge in [0.2, 0.25) is 0 Å². The zero-order valence-corrected chi connectivity index (χ0v) is 12.4. The molecule has 0 unspecified atom stereocenters. The first kappa shape index (κ1) is 13.9. The molecule has 0 aliphatic carbocycles. The SMILES string of the molecule is COc1ccc2c(c1)cc(C(=O)N[C@@H]1CCCOC1)n2C. The molecular formula is C16H20N2O3. The van der Waals surface area contributed by atoms with Crippen LogP contribution in [0.5, 0.6) is 5.75 Å². The van der Waals surface area contributed by atoms with E-state index in [1.165, 1.54) is 0 Å². The molecule has 1 amide bonds. The van der Waals surface area contributed by atoms with Crippen molar-refractivity contribution in [3.63, 3.8) is 0 Å². The summed E-state index contributed by atoms with van der Waals surface area (Å²) in [6, 6.07) is 7.82. The monoisotopic (exact) mass is 288 g/mol. The molecule has 21 heavy (non-hydrogen) atoms. The van der Waals surface area contributed by atoms with Crippen LogP contribution in [-0.4, -0.2) is 36.8 Å². The third-order valence-corrected chi connectivity index (χ3v) is 3.98. The van der Waals surface area contributed by atoms with Crippen LogP contribution in [0.3, 0.4) is 0 Å². The van der Waals surface area contributed by atoms with Gasteiger partial charge in [0, 0.05) is 24.6 Å². The van der Waals surface area contributed by atoms with Crippen LogP contribution in [-0.2, 0) is 11.8 Å². The predicted octanol–water partition coefficient (Wildman–Crippen LogP) is 2.10. The van der Waals surface area contributed by atoms with Gasteiger partial charge in [-0.1, -0.05) is 0 Å². The summed E-state index contributed by atoms with van der Waals surface area (Å²) in [4.78, 5) is 12.4. The second-order valence-electron chi connectivity index (χ2n) is 5.40. The minimum atomic E-state index is -0.0526. The quantitative estimate of drug-likeness (QED) is 0.941. The second-order valence-corrected chi connectivity index (χ2v) is 5.40. The first-order valence-electron chi connectivity index (χ1n) is 7.21. The number of nitrogens with zero attached hydrogens (tertiary/aromatic N) is 1. The van der Waals surface area contributed by atoms with E-state index in [4.69, 9.17) is 9.47 Å². The molecule has 0 radical (unpaired) electrons. The Hall–Kier alpha value is -2.01. The van der Waals surface area contributed by atoms with Crippen LogP contribution in [0, 0.1) is 0 Å². The van der Waals surface area contributed by atoms with Gasteiger partial charge in [-0.3, -0.25) is 4.79 Å². The van der Waals surface area contributed by atoms with Crippen molar-refractivity contribution >= 4 is 16.8 Å². The summed E-state index contributed by atoms with van der Waals surface area (Å²) >= 11 is 0. The fourth-order valence-electron chi connectivity index (χ4n) is 2.79. The van der Waals surface area contributed by atoms with E-state index < -0.39 is 0 Å². The molecular weight excluding hydrogens is 268 g/mol. The van der Waals surface area contributed by atoms with Crippen molar-refractivity contribution < 1.29 is 14.3 Å². The number of rotatable bonds is 3. The molecule has 3 rings (SSSR count). The highest BCUT2D eigenvalue weighted by Crippen LogP contribution is 2.24. The molecule has 1 aromatic carbocycles. The van der Waals surface area contributed by atoms with Crippen LogP contribution in [0.1, 0.15) is 23.3 Å². The molecule has 1 aliphatic heterocycles. The van der Waals surface area contributed by atoms with Crippen LogP contribution in [0.15, 0.2) is 24.3 Å². The van der Waals surface area contributed by atoms with Crippen LogP contribution in [0.25, 0.3) is 10.9 Å². The van der Waals surface area contributed by atoms with Gasteiger partial charge in [-0.2, -0.15) is 0 Å². The van der Waals surface area contributed by atoms with E-state index in [-0.39, 0.29) is 11.9 Å². The highest BCUT2D eigenvalue weighted by Gasteiger charge is 2.19. The number of carbonyl (C=O) groups is 1. The number of hydrogen-bond acceptors (Lipinski definition) is 3. The molecule has 1 saturated heterocycles. The van der Waals surface area contributed by atoms with Crippen molar-refractivity contribution in [3.8, 4) is 5.75 Å². The summed E-state index contributed by atoms with van der Waals surface area (Å²) in [5, 5.41) is 4.05. The third-order valence-electron chi connectivity index (χ3n) is 3.98. The Kier molecular flexibility index (Phi) is 3.84. The van der Waals surface area contributed by atoms with Gasteiger partial charge in [-0.15, -0.1) is 0 Å². The Morgan fingerprint density at radius 1 is 1.43 bits per heavy atom. The van der Waals surface area contributed by atoms with E-state index in [2.05, 4.69) is 5.32 Å². The molecule has 0 bridgehead atoms. The molecule has 1 fully saturated rings. The first-order chi connectivity index (χ1) is 10.2. The lowest BCUT2D eigenvalue weighted by Gasteiger charge is -2.23. The molecule has 1 aromatic heterocycles. The summed E-state index contributed by atoms with van der Waals surface area (Å²) in [5.41, 5.74) is 1.67. The van der Waals surface area contributed by atoms with E-state index in [0.717, 1.165) is 36.1 Å². The van der Waals surface area contributed by atoms with Crippen molar-refractivity contribution in [2.24, 2.45) is 7.05 Å². The zero-order valence-electron chi connectivity index (χ0n) is 12.4. The molecule has 5 nitrogen and oxygen atoms in total. The number of methoxy groups -OCH3 is 1. The van der Waals surface area contributed by atoms with Crippen molar-refractivity contribution in [3.05, 3.63) is 30.0 Å². The largest absolute Gasteiger partial charge is 0.497 e. The number of benzene rings is 1. The van der Waals surface area contributed by atoms with E-state index >= 15 is 0 Å². The summed E-state index contributed by atoms with van der Waals surface area (Å²) in [6.45, 7) is 1.39. The maximum Gasteiger partial charge on any atom is 0.268 e. The lowest BCUT2D eigenvalue weighted by molar-refractivity contribution is 0.0620. The first-order valence-corrected chi connectivity index (χ1v) is 7.21. The smallest absolute Gasteiger partial charge is 0.268 e. The standard InChI is InChI=1S/C16H20N2O3/c1-18-14-6-5-13(20-2)8-11(14)9-15(18)16(19)17-12-4-3-7-21-10-12/h5-6,8-9,12H,3-4,7,10H2,1-2H3,(H,17,19)/t12-/m1/s1. The number of nitrogens with one attached hydrogen (secondary N) is 1. The lowest BCUT2D eigenvalue weighted by atomic mass is 10.1. The molecule has 1 N–H and O–H groups in total. The maximum absolute atomic E-state index is 12.4. The number of aryl methyl sites for hydroxylation is 1. The highest BCUT2D eigenvalue weighted by molar-refractivity contribution is 5.99. The summed E-state index contributed by atoms with van der Waals surface area (Å²) in [5.74, 6) is 0.740. The van der Waals surface area contributed by atoms with Gasteiger partial charge in [-0.05, 0) is 37.1 Å². The van der Waals surface area contributed by atoms with Crippen molar-refractivity contribution in [2.45, 2.75) is 18.9 Å². The summed E-state index contributed by atoms with van der Waals surface area (Å²) < 4.78 is 12.5. The second kappa shape index (κ2) is 5.77. The number of carbonyl (C=O) groups excluding carboxylic acids is 1. The number of amides is 1. The van der Waals surface area contributed by atoms with Crippen LogP contribution in [0.4, 0.5) is 0 Å². The maximum atomic E-state index is 12.4. The minimum Gasteiger partial charge on any atom is -0.497 e. The predicted molar refractivity (Wildman–Crippen MR) is 80.8 cm³/mol. The zero-order chi connectivity index (χ0) is 14.8. The Morgan fingerprint density at radius 3 is 3.00 bits per heavy atom. The average molecular weight is 288 g/mol. The normalized spacial score (nSPS) is 18.7. The van der Waals surface area contributed by atoms with Gasteiger partial charge in [-0.25, -0.2) is 0 Å². The van der Waals surface area contributed by atoms with Gasteiger partial charge < -0.3 is 19.4 Å². The van der Waals surface area contributed by atoms with Gasteiger partial charge in [0.15, 0.2) is 0 Å². The van der Waals surface area contributed by atoms with Crippen molar-refractivity contribution in [2.75, 3.05) is 20.3 Å². The fourth-order valence-corrected chi connectivity index (χ4v) is 2.79. The molecule has 2 aromatic rings. The van der Waals surface area contributed by atoms with Gasteiger partial charge in [0.25, 0.3) is 5.91 Å². The molecule has 0 saturated carbocycles. The Bertz CT molecular complexity index is 657. The molecule has 1 atom stereocenters. The highest BCUT2D eigenvalue weighted by atomic mass is 16.5. The third kappa shape index (κ3) is 2.74. The molecule has 0 spiro atoms. The van der Waals surface area contributed by atoms with E-state index in [1.807, 2.05) is 35.9 Å². The van der Waals surface area contributed by atoms with E-state index in [9.17, 15) is 4.79 Å². The van der Waals surface area contributed by atoms with Crippen LogP contribution < -0.4 is 10.1 Å². The average Bonchev–Trinajstić information content (AvgIpc) is 2.85. The summed E-state index contributed by atoms with van der Waals surface area (Å²) in [7, 11) is 3.54. The Labute approximate surface area is 123 Å². The van der Waals surface area contributed by atoms with E-state index in [1.54, 1.807) is 7.11 Å². The lowest BCUT2D eigenvalue weighted by Crippen LogP contribution is -2.41. The number of ether oxygens (including phenoxy) is 2. The number of hydrogen-bond donors (Lipinski definition) is 1. The molecule has 112 valence electrons. The Morgan fingerprint density at radius 2 is 2.29 bits per heavy atom. The van der Waals surface area contributed by atoms with Gasteiger partial charge in [0.1, 0.15) is 11.4 Å². The number of aromatic nitrogens is 1. The fraction of sp³-hybridized carbons (Fsp3) is 0.438. The minimum absolute atomic E-state index is 0.0526. The van der Waals surface area contributed by atoms with Gasteiger partial charge >= 0.3 is 0 Å². The molecule has 2 heterocycles. The van der Waals surface area contributed by atoms with E-state index in [0.29, 0.717) is 12.3 Å².